The van der Waals surface area contributed by atoms with Crippen LogP contribution in [0.1, 0.15) is 17.5 Å². The van der Waals surface area contributed by atoms with E-state index in [1.54, 1.807) is 0 Å². The molecule has 1 aromatic carbocycles. The summed E-state index contributed by atoms with van der Waals surface area (Å²) in [4.78, 5) is 22.6. The van der Waals surface area contributed by atoms with Crippen LogP contribution < -0.4 is 5.32 Å². The van der Waals surface area contributed by atoms with E-state index < -0.39 is 0 Å². The number of nitrogens with one attached hydrogen (secondary N) is 1. The van der Waals surface area contributed by atoms with E-state index in [1.807, 2.05) is 24.3 Å². The molecule has 0 aliphatic rings. The number of hydrogen-bond acceptors (Lipinski definition) is 4. The van der Waals surface area contributed by atoms with Crippen LogP contribution in [0.2, 0.25) is 0 Å². The van der Waals surface area contributed by atoms with E-state index in [4.69, 9.17) is 9.47 Å². The molecule has 0 unspecified atom stereocenters. The zero-order valence-corrected chi connectivity index (χ0v) is 12.0. The average Bonchev–Trinajstić information content (AvgIpc) is 2.45. The lowest BCUT2D eigenvalue weighted by Crippen LogP contribution is -2.26. The fraction of sp³-hybridized carbons (Fsp3) is 0.467. The van der Waals surface area contributed by atoms with E-state index in [1.165, 1.54) is 14.2 Å². The molecule has 1 aromatic rings. The van der Waals surface area contributed by atoms with Crippen molar-refractivity contribution in [3.8, 4) is 0 Å². The van der Waals surface area contributed by atoms with Crippen LogP contribution in [0.15, 0.2) is 24.3 Å². The number of hydrogen-bond donors (Lipinski definition) is 1. The Morgan fingerprint density at radius 1 is 1.00 bits per heavy atom. The average molecular weight is 279 g/mol. The zero-order chi connectivity index (χ0) is 14.8. The fourth-order valence-corrected chi connectivity index (χ4v) is 1.72. The standard InChI is InChI=1S/C15H21NO4/c1-19-10-14(17)8-7-12-3-5-13(6-4-12)9-16-15(18)11-20-2/h3-6H,7-11H2,1-2H3,(H,16,18). The Hall–Kier alpha value is -1.72. The molecule has 5 nitrogen and oxygen atoms in total. The molecule has 0 heterocycles. The first-order valence-corrected chi connectivity index (χ1v) is 6.49. The molecule has 110 valence electrons. The van der Waals surface area contributed by atoms with Crippen molar-refractivity contribution in [1.29, 1.82) is 0 Å². The topological polar surface area (TPSA) is 64.6 Å². The molecule has 0 atom stereocenters. The van der Waals surface area contributed by atoms with Crippen LogP contribution in [-0.4, -0.2) is 39.1 Å². The molecule has 20 heavy (non-hydrogen) atoms. The molecule has 0 bridgehead atoms. The lowest BCUT2D eigenvalue weighted by atomic mass is 10.1. The Morgan fingerprint density at radius 2 is 1.60 bits per heavy atom. The molecule has 0 aliphatic carbocycles. The number of ketones is 1. The molecule has 0 aliphatic heterocycles. The van der Waals surface area contributed by atoms with Gasteiger partial charge in [0.25, 0.3) is 0 Å². The van der Waals surface area contributed by atoms with Crippen molar-refractivity contribution in [2.75, 3.05) is 27.4 Å². The van der Waals surface area contributed by atoms with Crippen LogP contribution in [0.4, 0.5) is 0 Å². The van der Waals surface area contributed by atoms with Crippen molar-refractivity contribution in [1.82, 2.24) is 5.32 Å². The van der Waals surface area contributed by atoms with E-state index in [-0.39, 0.29) is 24.9 Å². The minimum Gasteiger partial charge on any atom is -0.377 e. The van der Waals surface area contributed by atoms with E-state index >= 15 is 0 Å². The molecule has 0 radical (unpaired) electrons. The fourth-order valence-electron chi connectivity index (χ4n) is 1.72. The van der Waals surface area contributed by atoms with Gasteiger partial charge in [-0.2, -0.15) is 0 Å². The maximum Gasteiger partial charge on any atom is 0.246 e. The summed E-state index contributed by atoms with van der Waals surface area (Å²) in [5, 5.41) is 2.75. The number of amides is 1. The first-order valence-electron chi connectivity index (χ1n) is 6.49. The van der Waals surface area contributed by atoms with Gasteiger partial charge in [-0.1, -0.05) is 24.3 Å². The second kappa shape index (κ2) is 9.23. The summed E-state index contributed by atoms with van der Waals surface area (Å²) in [6.07, 6.45) is 1.19. The van der Waals surface area contributed by atoms with Gasteiger partial charge >= 0.3 is 0 Å². The molecule has 0 spiro atoms. The number of carbonyl (C=O) groups is 2. The van der Waals surface area contributed by atoms with Gasteiger partial charge in [-0.05, 0) is 17.5 Å². The third-order valence-electron chi connectivity index (χ3n) is 2.79. The Balaban J connectivity index is 2.36. The van der Waals surface area contributed by atoms with E-state index in [0.717, 1.165) is 11.1 Å². The van der Waals surface area contributed by atoms with Crippen LogP contribution in [0, 0.1) is 0 Å². The number of Topliss-reactive ketones (excluding diaryl/α,β-unsaturated/α-hetero) is 1. The highest BCUT2D eigenvalue weighted by Crippen LogP contribution is 2.07. The largest absolute Gasteiger partial charge is 0.377 e. The van der Waals surface area contributed by atoms with Gasteiger partial charge < -0.3 is 14.8 Å². The van der Waals surface area contributed by atoms with E-state index in [9.17, 15) is 9.59 Å². The van der Waals surface area contributed by atoms with Crippen LogP contribution in [0.25, 0.3) is 0 Å². The van der Waals surface area contributed by atoms with Crippen molar-refractivity contribution >= 4 is 11.7 Å². The van der Waals surface area contributed by atoms with Gasteiger partial charge in [0.1, 0.15) is 13.2 Å². The Bertz CT molecular complexity index is 387. The normalized spacial score (nSPS) is 10.3. The first-order chi connectivity index (χ1) is 9.65. The molecule has 0 saturated heterocycles. The van der Waals surface area contributed by atoms with Crippen molar-refractivity contribution in [2.24, 2.45) is 0 Å². The number of methoxy groups -OCH3 is 2. The molecule has 0 saturated carbocycles. The first kappa shape index (κ1) is 16.3. The van der Waals surface area contributed by atoms with Crippen molar-refractivity contribution in [3.63, 3.8) is 0 Å². The van der Waals surface area contributed by atoms with Crippen LogP contribution in [-0.2, 0) is 32.0 Å². The number of ether oxygens (including phenoxy) is 2. The quantitative estimate of drug-likeness (QED) is 0.735. The van der Waals surface area contributed by atoms with Gasteiger partial charge in [0.15, 0.2) is 5.78 Å². The molecule has 0 fully saturated rings. The Morgan fingerprint density at radius 3 is 2.20 bits per heavy atom. The molecule has 1 amide bonds. The number of carbonyl (C=O) groups excluding carboxylic acids is 2. The third-order valence-corrected chi connectivity index (χ3v) is 2.79. The molecular weight excluding hydrogens is 258 g/mol. The van der Waals surface area contributed by atoms with Gasteiger partial charge in [0, 0.05) is 27.2 Å². The smallest absolute Gasteiger partial charge is 0.246 e. The molecule has 1 N–H and O–H groups in total. The minimum absolute atomic E-state index is 0.0691. The molecule has 5 heteroatoms. The van der Waals surface area contributed by atoms with Crippen LogP contribution in [0.5, 0.6) is 0 Å². The number of aryl methyl sites for hydroxylation is 1. The van der Waals surface area contributed by atoms with E-state index in [0.29, 0.717) is 19.4 Å². The highest BCUT2D eigenvalue weighted by atomic mass is 16.5. The summed E-state index contributed by atoms with van der Waals surface area (Å²) in [5.74, 6) is -0.0369. The maximum atomic E-state index is 11.3. The number of benzene rings is 1. The van der Waals surface area contributed by atoms with E-state index in [2.05, 4.69) is 5.32 Å². The predicted octanol–water partition coefficient (Wildman–Crippen LogP) is 1.10. The molecular formula is C15H21NO4. The van der Waals surface area contributed by atoms with Crippen LogP contribution >= 0.6 is 0 Å². The summed E-state index contributed by atoms with van der Waals surface area (Å²) in [6.45, 7) is 0.717. The van der Waals surface area contributed by atoms with Gasteiger partial charge in [0.2, 0.25) is 5.91 Å². The monoisotopic (exact) mass is 279 g/mol. The minimum atomic E-state index is -0.137. The summed E-state index contributed by atoms with van der Waals surface area (Å²) >= 11 is 0. The second-order valence-electron chi connectivity index (χ2n) is 4.50. The SMILES string of the molecule is COCC(=O)CCc1ccc(CNC(=O)COC)cc1. The molecule has 1 rings (SSSR count). The molecule has 0 aromatic heterocycles. The maximum absolute atomic E-state index is 11.3. The van der Waals surface area contributed by atoms with Crippen molar-refractivity contribution in [3.05, 3.63) is 35.4 Å². The summed E-state index contributed by atoms with van der Waals surface area (Å²) < 4.78 is 9.52. The van der Waals surface area contributed by atoms with Crippen molar-refractivity contribution < 1.29 is 19.1 Å². The Labute approximate surface area is 119 Å². The van der Waals surface area contributed by atoms with Gasteiger partial charge in [-0.25, -0.2) is 0 Å². The lowest BCUT2D eigenvalue weighted by molar-refractivity contribution is -0.125. The summed E-state index contributed by atoms with van der Waals surface area (Å²) in [7, 11) is 3.00. The lowest BCUT2D eigenvalue weighted by Gasteiger charge is -2.06. The highest BCUT2D eigenvalue weighted by molar-refractivity contribution is 5.79. The zero-order valence-electron chi connectivity index (χ0n) is 12.0. The van der Waals surface area contributed by atoms with Gasteiger partial charge in [0.05, 0.1) is 0 Å². The summed E-state index contributed by atoms with van der Waals surface area (Å²) in [5.41, 5.74) is 2.11. The van der Waals surface area contributed by atoms with Crippen LogP contribution in [0.3, 0.4) is 0 Å². The second-order valence-corrected chi connectivity index (χ2v) is 4.50. The van der Waals surface area contributed by atoms with Crippen molar-refractivity contribution in [2.45, 2.75) is 19.4 Å². The van der Waals surface area contributed by atoms with Gasteiger partial charge in [-0.3, -0.25) is 9.59 Å². The third kappa shape index (κ3) is 6.45. The number of rotatable bonds is 9. The van der Waals surface area contributed by atoms with Gasteiger partial charge in [-0.15, -0.1) is 0 Å². The Kier molecular flexibility index (Phi) is 7.54. The summed E-state index contributed by atoms with van der Waals surface area (Å²) in [6, 6.07) is 7.84. The predicted molar refractivity (Wildman–Crippen MR) is 75.4 cm³/mol. The highest BCUT2D eigenvalue weighted by Gasteiger charge is 2.03.